The molecule has 1 aliphatic heterocycles. The average molecular weight is 461 g/mol. The fourth-order valence-electron chi connectivity index (χ4n) is 4.38. The van der Waals surface area contributed by atoms with Crippen LogP contribution in [-0.2, 0) is 18.8 Å². The van der Waals surface area contributed by atoms with Crippen LogP contribution in [0.2, 0.25) is 0 Å². The van der Waals surface area contributed by atoms with Gasteiger partial charge in [-0.25, -0.2) is 4.79 Å². The Morgan fingerprint density at radius 3 is 2.61 bits per heavy atom. The average Bonchev–Trinajstić information content (AvgIpc) is 3.19. The topological polar surface area (TPSA) is 64.2 Å². The monoisotopic (exact) mass is 460 g/mol. The van der Waals surface area contributed by atoms with Crippen molar-refractivity contribution in [2.45, 2.75) is 50.2 Å². The third-order valence-corrected chi connectivity index (χ3v) is 7.15. The first kappa shape index (κ1) is 21.9. The van der Waals surface area contributed by atoms with Crippen LogP contribution in [0.25, 0.3) is 11.0 Å². The standard InChI is InChI=1S/C26H28N4O2S/c1-19-10-11-22-21(15-25(31)32-23(22)14-19)18-33-26-28-27-24(17-29-12-6-3-7-13-29)30(26)16-20-8-4-2-5-9-20/h2,4-5,8-11,14-15H,3,6-7,12-13,16-18H2,1H3. The quantitative estimate of drug-likeness (QED) is 0.285. The van der Waals surface area contributed by atoms with Crippen LogP contribution in [0.4, 0.5) is 0 Å². The molecule has 5 rings (SSSR count). The first-order chi connectivity index (χ1) is 16.2. The summed E-state index contributed by atoms with van der Waals surface area (Å²) >= 11 is 1.62. The van der Waals surface area contributed by atoms with Crippen LogP contribution in [0.1, 0.15) is 41.8 Å². The molecule has 0 radical (unpaired) electrons. The van der Waals surface area contributed by atoms with Crippen LogP contribution in [0, 0.1) is 6.92 Å². The Bertz CT molecular complexity index is 1290. The van der Waals surface area contributed by atoms with Crippen LogP contribution in [0.15, 0.2) is 69.0 Å². The molecule has 170 valence electrons. The number of fused-ring (bicyclic) bond motifs is 1. The second-order valence-corrected chi connectivity index (χ2v) is 9.63. The Balaban J connectivity index is 1.43. The van der Waals surface area contributed by atoms with E-state index in [1.807, 2.05) is 31.2 Å². The fourth-order valence-corrected chi connectivity index (χ4v) is 5.33. The molecule has 4 aromatic rings. The second-order valence-electron chi connectivity index (χ2n) is 8.69. The molecule has 0 aliphatic carbocycles. The third-order valence-electron chi connectivity index (χ3n) is 6.13. The molecule has 1 saturated heterocycles. The molecule has 0 saturated carbocycles. The number of hydrogen-bond donors (Lipinski definition) is 0. The molecule has 6 nitrogen and oxygen atoms in total. The molecule has 0 atom stereocenters. The molecule has 7 heteroatoms. The van der Waals surface area contributed by atoms with E-state index in [0.29, 0.717) is 11.3 Å². The zero-order valence-electron chi connectivity index (χ0n) is 18.9. The van der Waals surface area contributed by atoms with E-state index >= 15 is 0 Å². The molecule has 0 unspecified atom stereocenters. The molecule has 3 heterocycles. The van der Waals surface area contributed by atoms with Gasteiger partial charge >= 0.3 is 5.63 Å². The van der Waals surface area contributed by atoms with Gasteiger partial charge in [0, 0.05) is 17.2 Å². The van der Waals surface area contributed by atoms with E-state index < -0.39 is 0 Å². The number of hydrogen-bond acceptors (Lipinski definition) is 6. The number of benzene rings is 2. The Morgan fingerprint density at radius 2 is 1.79 bits per heavy atom. The maximum absolute atomic E-state index is 12.1. The van der Waals surface area contributed by atoms with Gasteiger partial charge in [-0.2, -0.15) is 0 Å². The fraction of sp³-hybridized carbons (Fsp3) is 0.346. The molecular formula is C26H28N4O2S. The van der Waals surface area contributed by atoms with Gasteiger partial charge in [0.05, 0.1) is 13.1 Å². The highest BCUT2D eigenvalue weighted by atomic mass is 32.2. The molecule has 0 spiro atoms. The summed E-state index contributed by atoms with van der Waals surface area (Å²) in [5.74, 6) is 1.62. The van der Waals surface area contributed by atoms with Gasteiger partial charge < -0.3 is 8.98 Å². The minimum atomic E-state index is -0.319. The van der Waals surface area contributed by atoms with Gasteiger partial charge in [-0.3, -0.25) is 4.90 Å². The molecule has 0 bridgehead atoms. The van der Waals surface area contributed by atoms with Crippen molar-refractivity contribution in [1.82, 2.24) is 19.7 Å². The number of thioether (sulfide) groups is 1. The van der Waals surface area contributed by atoms with Gasteiger partial charge in [0.1, 0.15) is 11.4 Å². The largest absolute Gasteiger partial charge is 0.423 e. The SMILES string of the molecule is Cc1ccc2c(CSc3nnc(CN4CCCCC4)n3Cc3ccccc3)cc(=O)oc2c1. The van der Waals surface area contributed by atoms with Gasteiger partial charge in [0.2, 0.25) is 0 Å². The molecule has 1 fully saturated rings. The van der Waals surface area contributed by atoms with Crippen molar-refractivity contribution in [1.29, 1.82) is 0 Å². The minimum Gasteiger partial charge on any atom is -0.423 e. The van der Waals surface area contributed by atoms with Crippen LogP contribution < -0.4 is 5.63 Å². The lowest BCUT2D eigenvalue weighted by atomic mass is 10.1. The highest BCUT2D eigenvalue weighted by molar-refractivity contribution is 7.98. The second kappa shape index (κ2) is 9.93. The van der Waals surface area contributed by atoms with Crippen molar-refractivity contribution in [3.8, 4) is 0 Å². The zero-order valence-corrected chi connectivity index (χ0v) is 19.7. The summed E-state index contributed by atoms with van der Waals surface area (Å²) in [6.45, 7) is 5.78. The van der Waals surface area contributed by atoms with Crippen LogP contribution in [0.5, 0.6) is 0 Å². The summed E-state index contributed by atoms with van der Waals surface area (Å²) in [6, 6.07) is 18.0. The molecule has 0 N–H and O–H groups in total. The summed E-state index contributed by atoms with van der Waals surface area (Å²) in [5.41, 5.74) is 3.56. The summed E-state index contributed by atoms with van der Waals surface area (Å²) in [5, 5.41) is 11.0. The molecular weight excluding hydrogens is 432 g/mol. The normalized spacial score (nSPS) is 14.7. The predicted molar refractivity (Wildman–Crippen MR) is 131 cm³/mol. The number of aromatic nitrogens is 3. The van der Waals surface area contributed by atoms with Crippen LogP contribution >= 0.6 is 11.8 Å². The van der Waals surface area contributed by atoms with Crippen LogP contribution in [-0.4, -0.2) is 32.8 Å². The zero-order chi connectivity index (χ0) is 22.6. The summed E-state index contributed by atoms with van der Waals surface area (Å²) in [7, 11) is 0. The van der Waals surface area contributed by atoms with Crippen molar-refractivity contribution in [3.63, 3.8) is 0 Å². The van der Waals surface area contributed by atoms with E-state index in [1.165, 1.54) is 24.8 Å². The van der Waals surface area contributed by atoms with E-state index in [0.717, 1.165) is 53.7 Å². The highest BCUT2D eigenvalue weighted by Gasteiger charge is 2.18. The van der Waals surface area contributed by atoms with Crippen molar-refractivity contribution >= 4 is 22.7 Å². The molecule has 2 aromatic heterocycles. The molecule has 33 heavy (non-hydrogen) atoms. The van der Waals surface area contributed by atoms with E-state index in [4.69, 9.17) is 4.42 Å². The summed E-state index contributed by atoms with van der Waals surface area (Å²) in [4.78, 5) is 14.6. The Hall–Kier alpha value is -2.90. The van der Waals surface area contributed by atoms with Crippen molar-refractivity contribution in [2.75, 3.05) is 13.1 Å². The van der Waals surface area contributed by atoms with Crippen molar-refractivity contribution in [3.05, 3.63) is 87.5 Å². The first-order valence-corrected chi connectivity index (χ1v) is 12.5. The number of likely N-dealkylation sites (tertiary alicyclic amines) is 1. The number of rotatable bonds is 7. The van der Waals surface area contributed by atoms with E-state index in [1.54, 1.807) is 17.8 Å². The van der Waals surface area contributed by atoms with E-state index in [9.17, 15) is 4.79 Å². The number of aryl methyl sites for hydroxylation is 1. The van der Waals surface area contributed by atoms with E-state index in [2.05, 4.69) is 43.9 Å². The lowest BCUT2D eigenvalue weighted by molar-refractivity contribution is 0.213. The predicted octanol–water partition coefficient (Wildman–Crippen LogP) is 5.02. The lowest BCUT2D eigenvalue weighted by Crippen LogP contribution is -2.30. The summed E-state index contributed by atoms with van der Waals surface area (Å²) in [6.07, 6.45) is 3.81. The minimum absolute atomic E-state index is 0.319. The Morgan fingerprint density at radius 1 is 0.970 bits per heavy atom. The van der Waals surface area contributed by atoms with Gasteiger partial charge in [-0.1, -0.05) is 60.6 Å². The molecule has 1 aliphatic rings. The smallest absolute Gasteiger partial charge is 0.336 e. The summed E-state index contributed by atoms with van der Waals surface area (Å²) < 4.78 is 7.65. The van der Waals surface area contributed by atoms with Crippen molar-refractivity contribution in [2.24, 2.45) is 0 Å². The van der Waals surface area contributed by atoms with Gasteiger partial charge in [0.15, 0.2) is 5.16 Å². The maximum atomic E-state index is 12.1. The molecule has 2 aromatic carbocycles. The Labute approximate surface area is 197 Å². The van der Waals surface area contributed by atoms with Crippen molar-refractivity contribution < 1.29 is 4.42 Å². The molecule has 0 amide bonds. The van der Waals surface area contributed by atoms with Gasteiger partial charge in [0.25, 0.3) is 0 Å². The number of nitrogens with zero attached hydrogens (tertiary/aromatic N) is 4. The van der Waals surface area contributed by atoms with E-state index in [-0.39, 0.29) is 5.63 Å². The number of piperidine rings is 1. The lowest BCUT2D eigenvalue weighted by Gasteiger charge is -2.26. The first-order valence-electron chi connectivity index (χ1n) is 11.5. The third kappa shape index (κ3) is 5.20. The van der Waals surface area contributed by atoms with Gasteiger partial charge in [-0.05, 0) is 55.6 Å². The van der Waals surface area contributed by atoms with Gasteiger partial charge in [-0.15, -0.1) is 10.2 Å². The maximum Gasteiger partial charge on any atom is 0.336 e. The van der Waals surface area contributed by atoms with Crippen LogP contribution in [0.3, 0.4) is 0 Å². The Kier molecular flexibility index (Phi) is 6.60. The highest BCUT2D eigenvalue weighted by Crippen LogP contribution is 2.27.